The van der Waals surface area contributed by atoms with Crippen molar-refractivity contribution in [3.8, 4) is 0 Å². The maximum absolute atomic E-state index is 11.0. The first-order valence-corrected chi connectivity index (χ1v) is 4.39. The van der Waals surface area contributed by atoms with Gasteiger partial charge in [-0.25, -0.2) is 4.79 Å². The van der Waals surface area contributed by atoms with Crippen LogP contribution < -0.4 is 0 Å². The monoisotopic (exact) mass is 174 g/mol. The van der Waals surface area contributed by atoms with Gasteiger partial charge in [-0.05, 0) is 32.6 Å². The third-order valence-corrected chi connectivity index (χ3v) is 3.44. The minimum atomic E-state index is -0.733. The number of hydrogen-bond acceptors (Lipinski definition) is 2. The number of carbonyl (C=O) groups excluding carboxylic acids is 1. The highest BCUT2D eigenvalue weighted by Crippen LogP contribution is 2.52. The van der Waals surface area contributed by atoms with Gasteiger partial charge in [0, 0.05) is 0 Å². The summed E-state index contributed by atoms with van der Waals surface area (Å²) in [6, 6.07) is 0. The average Bonchev–Trinajstić information content (AvgIpc) is 2.39. The Hall–Kier alpha value is -0.240. The van der Waals surface area contributed by atoms with Crippen LogP contribution in [0.4, 0.5) is 0 Å². The van der Waals surface area contributed by atoms with Crippen molar-refractivity contribution in [3.63, 3.8) is 0 Å². The first-order valence-electron chi connectivity index (χ1n) is 4.01. The molecule has 0 aromatic carbocycles. The maximum atomic E-state index is 11.0. The van der Waals surface area contributed by atoms with Crippen LogP contribution in [0.3, 0.4) is 0 Å². The first-order chi connectivity index (χ1) is 5.08. The first kappa shape index (κ1) is 7.41. The average molecular weight is 175 g/mol. The number of carbonyl (C=O) groups is 1. The Morgan fingerprint density at radius 2 is 2.00 bits per heavy atom. The van der Waals surface area contributed by atoms with E-state index < -0.39 is 4.87 Å². The summed E-state index contributed by atoms with van der Waals surface area (Å²) in [4.78, 5) is 10.2. The van der Waals surface area contributed by atoms with Crippen molar-refractivity contribution in [2.75, 3.05) is 0 Å². The summed E-state index contributed by atoms with van der Waals surface area (Å²) in [5.74, 6) is -0.249. The highest BCUT2D eigenvalue weighted by atomic mass is 35.5. The zero-order valence-corrected chi connectivity index (χ0v) is 7.28. The van der Waals surface area contributed by atoms with Gasteiger partial charge in [0.1, 0.15) is 5.60 Å². The van der Waals surface area contributed by atoms with Gasteiger partial charge < -0.3 is 4.74 Å². The zero-order valence-electron chi connectivity index (χ0n) is 6.52. The summed E-state index contributed by atoms with van der Waals surface area (Å²) >= 11 is 6.04. The molecule has 2 nitrogen and oxygen atoms in total. The third kappa shape index (κ3) is 0.711. The Morgan fingerprint density at radius 3 is 2.36 bits per heavy atom. The lowest BCUT2D eigenvalue weighted by Gasteiger charge is -2.49. The summed E-state index contributed by atoms with van der Waals surface area (Å²) in [6.45, 7) is 1.77. The molecule has 0 aromatic heterocycles. The number of alkyl halides is 1. The van der Waals surface area contributed by atoms with Gasteiger partial charge in [-0.3, -0.25) is 0 Å². The van der Waals surface area contributed by atoms with Crippen LogP contribution in [0, 0.1) is 0 Å². The Balaban J connectivity index is 2.24. The van der Waals surface area contributed by atoms with E-state index in [9.17, 15) is 4.79 Å². The zero-order chi connectivity index (χ0) is 8.11. The summed E-state index contributed by atoms with van der Waals surface area (Å²) < 4.78 is 5.13. The van der Waals surface area contributed by atoms with Crippen LogP contribution in [-0.2, 0) is 9.53 Å². The number of halogens is 1. The second-order valence-corrected chi connectivity index (χ2v) is 4.35. The second-order valence-electron chi connectivity index (χ2n) is 3.59. The molecule has 0 unspecified atom stereocenters. The van der Waals surface area contributed by atoms with Gasteiger partial charge >= 0.3 is 5.97 Å². The highest BCUT2D eigenvalue weighted by molar-refractivity contribution is 6.36. The van der Waals surface area contributed by atoms with Crippen molar-refractivity contribution in [3.05, 3.63) is 0 Å². The number of esters is 1. The van der Waals surface area contributed by atoms with Gasteiger partial charge in [-0.2, -0.15) is 0 Å². The molecule has 0 amide bonds. The molecular weight excluding hydrogens is 164 g/mol. The maximum Gasteiger partial charge on any atom is 0.331 e. The molecule has 3 heteroatoms. The molecule has 2 fully saturated rings. The summed E-state index contributed by atoms with van der Waals surface area (Å²) in [6.07, 6.45) is 4.16. The van der Waals surface area contributed by atoms with Crippen LogP contribution in [0.15, 0.2) is 0 Å². The number of hydrogen-bond donors (Lipinski definition) is 0. The Labute approximate surface area is 70.9 Å². The van der Waals surface area contributed by atoms with Crippen molar-refractivity contribution in [1.82, 2.24) is 0 Å². The summed E-state index contributed by atoms with van der Waals surface area (Å²) in [5, 5.41) is 0. The van der Waals surface area contributed by atoms with Crippen LogP contribution in [0.25, 0.3) is 0 Å². The van der Waals surface area contributed by atoms with Gasteiger partial charge in [-0.15, -0.1) is 11.6 Å². The van der Waals surface area contributed by atoms with E-state index in [0.717, 1.165) is 25.7 Å². The van der Waals surface area contributed by atoms with Crippen LogP contribution in [0.5, 0.6) is 0 Å². The Kier molecular flexibility index (Phi) is 1.29. The van der Waals surface area contributed by atoms with E-state index in [1.54, 1.807) is 6.92 Å². The third-order valence-electron chi connectivity index (χ3n) is 2.94. The Morgan fingerprint density at radius 1 is 1.45 bits per heavy atom. The van der Waals surface area contributed by atoms with Crippen molar-refractivity contribution in [2.24, 2.45) is 0 Å². The molecular formula is C8H11ClO2. The molecule has 1 aliphatic heterocycles. The number of rotatable bonds is 0. The lowest BCUT2D eigenvalue weighted by Crippen LogP contribution is -2.66. The van der Waals surface area contributed by atoms with E-state index in [2.05, 4.69) is 0 Å². The van der Waals surface area contributed by atoms with Crippen LogP contribution >= 0.6 is 11.6 Å². The predicted molar refractivity (Wildman–Crippen MR) is 41.5 cm³/mol. The summed E-state index contributed by atoms with van der Waals surface area (Å²) in [5.41, 5.74) is -0.300. The van der Waals surface area contributed by atoms with Crippen molar-refractivity contribution in [1.29, 1.82) is 0 Å². The molecule has 0 radical (unpaired) electrons. The SMILES string of the molecule is C[C@@]1(Cl)C(=O)OC12CCCC2. The number of ether oxygens (including phenoxy) is 1. The quantitative estimate of drug-likeness (QED) is 0.414. The molecule has 2 rings (SSSR count). The van der Waals surface area contributed by atoms with E-state index in [1.165, 1.54) is 0 Å². The standard InChI is InChI=1S/C8H11ClO2/c1-7(9)6(10)11-8(7)4-2-3-5-8/h2-5H2,1H3/t7-/m1/s1. The normalized spacial score (nSPS) is 40.4. The topological polar surface area (TPSA) is 26.3 Å². The lowest BCUT2D eigenvalue weighted by molar-refractivity contribution is -0.202. The molecule has 0 N–H and O–H groups in total. The van der Waals surface area contributed by atoms with Gasteiger partial charge in [0.05, 0.1) is 0 Å². The molecule has 1 aliphatic carbocycles. The van der Waals surface area contributed by atoms with Gasteiger partial charge in [0.2, 0.25) is 0 Å². The molecule has 62 valence electrons. The van der Waals surface area contributed by atoms with Gasteiger partial charge in [0.25, 0.3) is 0 Å². The Bertz CT molecular complexity index is 204. The van der Waals surface area contributed by atoms with Crippen molar-refractivity contribution >= 4 is 17.6 Å². The molecule has 1 spiro atoms. The smallest absolute Gasteiger partial charge is 0.331 e. The lowest BCUT2D eigenvalue weighted by atomic mass is 9.81. The predicted octanol–water partition coefficient (Wildman–Crippen LogP) is 1.85. The van der Waals surface area contributed by atoms with E-state index >= 15 is 0 Å². The van der Waals surface area contributed by atoms with E-state index in [4.69, 9.17) is 16.3 Å². The van der Waals surface area contributed by atoms with Gasteiger partial charge in [-0.1, -0.05) is 0 Å². The van der Waals surface area contributed by atoms with Crippen LogP contribution in [0.1, 0.15) is 32.6 Å². The van der Waals surface area contributed by atoms with E-state index in [-0.39, 0.29) is 11.6 Å². The fourth-order valence-corrected chi connectivity index (χ4v) is 2.29. The fraction of sp³-hybridized carbons (Fsp3) is 0.875. The second kappa shape index (κ2) is 1.92. The molecule has 11 heavy (non-hydrogen) atoms. The molecule has 0 aromatic rings. The minimum Gasteiger partial charge on any atom is -0.455 e. The molecule has 1 saturated heterocycles. The van der Waals surface area contributed by atoms with Gasteiger partial charge in [0.15, 0.2) is 4.87 Å². The largest absolute Gasteiger partial charge is 0.455 e. The molecule has 1 atom stereocenters. The highest BCUT2D eigenvalue weighted by Gasteiger charge is 2.66. The molecule has 1 heterocycles. The summed E-state index contributed by atoms with van der Waals surface area (Å²) in [7, 11) is 0. The van der Waals surface area contributed by atoms with Crippen molar-refractivity contribution in [2.45, 2.75) is 43.1 Å². The molecule has 2 aliphatic rings. The van der Waals surface area contributed by atoms with E-state index in [1.807, 2.05) is 0 Å². The molecule has 0 bridgehead atoms. The molecule has 1 saturated carbocycles. The van der Waals surface area contributed by atoms with Crippen molar-refractivity contribution < 1.29 is 9.53 Å². The fourth-order valence-electron chi connectivity index (χ4n) is 2.03. The van der Waals surface area contributed by atoms with Crippen LogP contribution in [-0.4, -0.2) is 16.4 Å². The van der Waals surface area contributed by atoms with Crippen LogP contribution in [0.2, 0.25) is 0 Å². The van der Waals surface area contributed by atoms with E-state index in [0.29, 0.717) is 0 Å². The minimum absolute atomic E-state index is 0.249.